The molecule has 0 aliphatic heterocycles. The molecule has 1 amide bonds. The van der Waals surface area contributed by atoms with Crippen LogP contribution in [0, 0.1) is 13.8 Å². The Morgan fingerprint density at radius 3 is 2.57 bits per heavy atom. The molecule has 0 spiro atoms. The average Bonchev–Trinajstić information content (AvgIpc) is 3.12. The summed E-state index contributed by atoms with van der Waals surface area (Å²) in [7, 11) is 1.48. The van der Waals surface area contributed by atoms with Crippen LogP contribution in [0.5, 0.6) is 5.75 Å². The van der Waals surface area contributed by atoms with E-state index in [0.717, 1.165) is 5.56 Å². The molecule has 144 valence electrons. The Kier molecular flexibility index (Phi) is 5.85. The summed E-state index contributed by atoms with van der Waals surface area (Å²) in [6, 6.07) is 14.4. The summed E-state index contributed by atoms with van der Waals surface area (Å²) < 4.78 is 6.97. The van der Waals surface area contributed by atoms with Gasteiger partial charge < -0.3 is 14.6 Å². The molecule has 0 aliphatic carbocycles. The number of aryl methyl sites for hydroxylation is 2. The lowest BCUT2D eigenvalue weighted by Gasteiger charge is -2.12. The molecule has 1 heterocycles. The predicted octanol–water partition coefficient (Wildman–Crippen LogP) is 4.64. The van der Waals surface area contributed by atoms with Crippen molar-refractivity contribution in [1.29, 1.82) is 0 Å². The Bertz CT molecular complexity index is 1040. The number of amides is 1. The molecule has 0 atom stereocenters. The number of ether oxygens (including phenoxy) is 1. The molecule has 0 fully saturated rings. The van der Waals surface area contributed by atoms with Crippen LogP contribution in [0.15, 0.2) is 54.7 Å². The van der Waals surface area contributed by atoms with Gasteiger partial charge in [0.2, 0.25) is 0 Å². The Hall–Kier alpha value is -3.05. The zero-order valence-corrected chi connectivity index (χ0v) is 16.7. The summed E-state index contributed by atoms with van der Waals surface area (Å²) in [4.78, 5) is 25.2. The van der Waals surface area contributed by atoms with Gasteiger partial charge in [-0.25, -0.2) is 0 Å². The number of nitrogens with one attached hydrogen (secondary N) is 1. The third kappa shape index (κ3) is 4.26. The molecule has 1 N–H and O–H groups in total. The van der Waals surface area contributed by atoms with E-state index in [0.29, 0.717) is 28.7 Å². The van der Waals surface area contributed by atoms with Crippen LogP contribution < -0.4 is 10.1 Å². The van der Waals surface area contributed by atoms with E-state index in [1.165, 1.54) is 18.2 Å². The molecule has 0 bridgehead atoms. The molecule has 0 saturated carbocycles. The van der Waals surface area contributed by atoms with Gasteiger partial charge in [-0.15, -0.1) is 0 Å². The molecular weight excluding hydrogens is 376 g/mol. The number of carbonyl (C=O) groups is 2. The summed E-state index contributed by atoms with van der Waals surface area (Å²) >= 11 is 5.98. The SMILES string of the molecule is COc1ccc(Cl)cc1NC(=O)C(=O)c1cccn1Cc1ccc(C)c(C)c1. The molecule has 2 aromatic carbocycles. The van der Waals surface area contributed by atoms with Gasteiger partial charge in [0.05, 0.1) is 18.5 Å². The molecule has 6 heteroatoms. The largest absolute Gasteiger partial charge is 0.495 e. The fourth-order valence-electron chi connectivity index (χ4n) is 2.93. The van der Waals surface area contributed by atoms with Gasteiger partial charge >= 0.3 is 0 Å². The van der Waals surface area contributed by atoms with Crippen LogP contribution in [0.4, 0.5) is 5.69 Å². The highest BCUT2D eigenvalue weighted by Gasteiger charge is 2.21. The maximum Gasteiger partial charge on any atom is 0.298 e. The van der Waals surface area contributed by atoms with Crippen molar-refractivity contribution >= 4 is 29.0 Å². The van der Waals surface area contributed by atoms with Gasteiger partial charge in [0.1, 0.15) is 5.75 Å². The van der Waals surface area contributed by atoms with Gasteiger partial charge in [-0.2, -0.15) is 0 Å². The van der Waals surface area contributed by atoms with Crippen molar-refractivity contribution in [2.45, 2.75) is 20.4 Å². The van der Waals surface area contributed by atoms with Crippen LogP contribution in [0.1, 0.15) is 27.2 Å². The number of aromatic nitrogens is 1. The van der Waals surface area contributed by atoms with E-state index in [9.17, 15) is 9.59 Å². The monoisotopic (exact) mass is 396 g/mol. The quantitative estimate of drug-likeness (QED) is 0.488. The summed E-state index contributed by atoms with van der Waals surface area (Å²) in [5.74, 6) is -0.951. The Morgan fingerprint density at radius 2 is 1.86 bits per heavy atom. The number of rotatable bonds is 6. The number of Topliss-reactive ketones (excluding diaryl/α,β-unsaturated/α-hetero) is 1. The van der Waals surface area contributed by atoms with Gasteiger partial charge in [-0.3, -0.25) is 9.59 Å². The number of ketones is 1. The lowest BCUT2D eigenvalue weighted by Crippen LogP contribution is -2.25. The fraction of sp³-hybridized carbons (Fsp3) is 0.182. The van der Waals surface area contributed by atoms with Crippen molar-refractivity contribution in [2.75, 3.05) is 12.4 Å². The Balaban J connectivity index is 1.80. The van der Waals surface area contributed by atoms with Gasteiger partial charge in [-0.1, -0.05) is 29.8 Å². The first-order valence-electron chi connectivity index (χ1n) is 8.79. The molecular formula is C22H21ClN2O3. The number of halogens is 1. The van der Waals surface area contributed by atoms with Gasteiger partial charge in [-0.05, 0) is 60.9 Å². The summed E-state index contributed by atoms with van der Waals surface area (Å²) in [5, 5.41) is 3.02. The fourth-order valence-corrected chi connectivity index (χ4v) is 3.10. The first kappa shape index (κ1) is 19.7. The highest BCUT2D eigenvalue weighted by Crippen LogP contribution is 2.27. The molecule has 0 aliphatic rings. The minimum Gasteiger partial charge on any atom is -0.495 e. The van der Waals surface area contributed by atoms with Crippen molar-refractivity contribution in [2.24, 2.45) is 0 Å². The minimum absolute atomic E-state index is 0.316. The third-order valence-corrected chi connectivity index (χ3v) is 4.84. The molecule has 0 saturated heterocycles. The molecule has 3 aromatic rings. The molecule has 28 heavy (non-hydrogen) atoms. The van der Waals surface area contributed by atoms with Crippen molar-refractivity contribution in [3.8, 4) is 5.75 Å². The first-order valence-corrected chi connectivity index (χ1v) is 9.17. The van der Waals surface area contributed by atoms with Crippen LogP contribution in [0.3, 0.4) is 0 Å². The van der Waals surface area contributed by atoms with E-state index in [4.69, 9.17) is 16.3 Å². The standard InChI is InChI=1S/C22H21ClN2O3/c1-14-6-7-16(11-15(14)2)13-25-10-4-5-19(25)21(26)22(27)24-18-12-17(23)8-9-20(18)28-3/h4-12H,13H2,1-3H3,(H,24,27). The maximum absolute atomic E-state index is 12.7. The third-order valence-electron chi connectivity index (χ3n) is 4.60. The second kappa shape index (κ2) is 8.31. The molecule has 1 aromatic heterocycles. The van der Waals surface area contributed by atoms with E-state index in [1.807, 2.05) is 19.1 Å². The van der Waals surface area contributed by atoms with Crippen LogP contribution in [0.2, 0.25) is 5.02 Å². The number of benzene rings is 2. The van der Waals surface area contributed by atoms with Crippen molar-refractivity contribution in [3.63, 3.8) is 0 Å². The summed E-state index contributed by atoms with van der Waals surface area (Å²) in [6.07, 6.45) is 1.79. The van der Waals surface area contributed by atoms with Crippen LogP contribution in [-0.2, 0) is 11.3 Å². The molecule has 3 rings (SSSR count). The number of nitrogens with zero attached hydrogens (tertiary/aromatic N) is 1. The molecule has 5 nitrogen and oxygen atoms in total. The second-order valence-electron chi connectivity index (χ2n) is 6.57. The van der Waals surface area contributed by atoms with Crippen LogP contribution in [-0.4, -0.2) is 23.4 Å². The lowest BCUT2D eigenvalue weighted by molar-refractivity contribution is -0.112. The van der Waals surface area contributed by atoms with E-state index < -0.39 is 11.7 Å². The Labute approximate surface area is 168 Å². The maximum atomic E-state index is 12.7. The predicted molar refractivity (Wildman–Crippen MR) is 110 cm³/mol. The normalized spacial score (nSPS) is 10.6. The van der Waals surface area contributed by atoms with Gasteiger partial charge in [0, 0.05) is 17.8 Å². The highest BCUT2D eigenvalue weighted by atomic mass is 35.5. The number of methoxy groups -OCH3 is 1. The van der Waals surface area contributed by atoms with E-state index in [2.05, 4.69) is 18.3 Å². The highest BCUT2D eigenvalue weighted by molar-refractivity contribution is 6.46. The van der Waals surface area contributed by atoms with Crippen molar-refractivity contribution in [3.05, 3.63) is 82.1 Å². The minimum atomic E-state index is -0.749. The summed E-state index contributed by atoms with van der Waals surface area (Å²) in [6.45, 7) is 4.60. The smallest absolute Gasteiger partial charge is 0.298 e. The number of carbonyl (C=O) groups excluding carboxylic acids is 2. The Morgan fingerprint density at radius 1 is 1.07 bits per heavy atom. The molecule has 0 unspecified atom stereocenters. The van der Waals surface area contributed by atoms with Crippen LogP contribution in [0.25, 0.3) is 0 Å². The van der Waals surface area contributed by atoms with Crippen molar-refractivity contribution < 1.29 is 14.3 Å². The van der Waals surface area contributed by atoms with E-state index in [-0.39, 0.29) is 0 Å². The van der Waals surface area contributed by atoms with Gasteiger partial charge in [0.15, 0.2) is 0 Å². The first-order chi connectivity index (χ1) is 13.4. The second-order valence-corrected chi connectivity index (χ2v) is 7.00. The van der Waals surface area contributed by atoms with Gasteiger partial charge in [0.25, 0.3) is 11.7 Å². The topological polar surface area (TPSA) is 60.3 Å². The summed E-state index contributed by atoms with van der Waals surface area (Å²) in [5.41, 5.74) is 4.12. The van der Waals surface area contributed by atoms with E-state index >= 15 is 0 Å². The zero-order valence-electron chi connectivity index (χ0n) is 16.0. The number of hydrogen-bond acceptors (Lipinski definition) is 3. The molecule has 0 radical (unpaired) electrons. The van der Waals surface area contributed by atoms with Crippen molar-refractivity contribution in [1.82, 2.24) is 4.57 Å². The number of anilines is 1. The zero-order chi connectivity index (χ0) is 20.3. The van der Waals surface area contributed by atoms with Crippen LogP contribution >= 0.6 is 11.6 Å². The van der Waals surface area contributed by atoms with E-state index in [1.54, 1.807) is 41.1 Å². The lowest BCUT2D eigenvalue weighted by atomic mass is 10.1. The number of hydrogen-bond donors (Lipinski definition) is 1. The average molecular weight is 397 g/mol.